The van der Waals surface area contributed by atoms with Gasteiger partial charge in [-0.05, 0) is 36.8 Å². The molecule has 5 rings (SSSR count). The molecular weight excluding hydrogens is 426 g/mol. The van der Waals surface area contributed by atoms with Gasteiger partial charge in [0.1, 0.15) is 6.07 Å². The van der Waals surface area contributed by atoms with Gasteiger partial charge in [-0.3, -0.25) is 9.48 Å². The van der Waals surface area contributed by atoms with E-state index in [0.29, 0.717) is 12.1 Å². The maximum absolute atomic E-state index is 12.0. The van der Waals surface area contributed by atoms with Gasteiger partial charge in [0.25, 0.3) is 0 Å². The quantitative estimate of drug-likeness (QED) is 0.444. The molecule has 8 heteroatoms. The minimum absolute atomic E-state index is 0.0193. The van der Waals surface area contributed by atoms with Crippen LogP contribution < -0.4 is 4.90 Å². The summed E-state index contributed by atoms with van der Waals surface area (Å²) in [5, 5.41) is 18.3. The van der Waals surface area contributed by atoms with Crippen molar-refractivity contribution in [1.29, 1.82) is 5.26 Å². The number of hydrogen-bond acceptors (Lipinski definition) is 5. The van der Waals surface area contributed by atoms with Gasteiger partial charge < -0.3 is 9.80 Å². The number of pyridine rings is 1. The molecule has 0 unspecified atom stereocenters. The molecule has 0 bridgehead atoms. The van der Waals surface area contributed by atoms with Gasteiger partial charge in [-0.25, -0.2) is 4.52 Å². The van der Waals surface area contributed by atoms with Crippen molar-refractivity contribution in [3.8, 4) is 28.3 Å². The average molecular weight is 452 g/mol. The molecule has 4 heterocycles. The predicted molar refractivity (Wildman–Crippen MR) is 131 cm³/mol. The lowest BCUT2D eigenvalue weighted by Crippen LogP contribution is -2.53. The molecule has 0 radical (unpaired) electrons. The molecule has 1 aliphatic rings. The molecule has 8 nitrogen and oxygen atoms in total. The third-order valence-electron chi connectivity index (χ3n) is 6.40. The average Bonchev–Trinajstić information content (AvgIpc) is 3.49. The Balaban J connectivity index is 1.49. The van der Waals surface area contributed by atoms with E-state index in [0.717, 1.165) is 46.5 Å². The van der Waals surface area contributed by atoms with Crippen LogP contribution in [0.15, 0.2) is 67.8 Å². The van der Waals surface area contributed by atoms with Crippen molar-refractivity contribution in [3.63, 3.8) is 0 Å². The largest absolute Gasteiger partial charge is 0.368 e. The first-order valence-corrected chi connectivity index (χ1v) is 11.2. The normalized spacial score (nSPS) is 16.0. The third kappa shape index (κ3) is 3.71. The van der Waals surface area contributed by atoms with E-state index in [1.165, 1.54) is 6.08 Å². The summed E-state index contributed by atoms with van der Waals surface area (Å²) in [4.78, 5) is 16.2. The second-order valence-electron chi connectivity index (χ2n) is 8.59. The number of piperazine rings is 1. The molecule has 1 amide bonds. The molecule has 170 valence electrons. The topological polar surface area (TPSA) is 82.5 Å². The molecule has 1 aromatic carbocycles. The van der Waals surface area contributed by atoms with Crippen LogP contribution in [-0.2, 0) is 11.8 Å². The van der Waals surface area contributed by atoms with Crippen LogP contribution in [0.1, 0.15) is 12.5 Å². The SMILES string of the molecule is C=CC(=O)N1CCN(c2ccc(-c3cc(-c4cnn(C)c4)cn4ncc(C#N)c34)cc2)C[C@@H]1C. The smallest absolute Gasteiger partial charge is 0.246 e. The van der Waals surface area contributed by atoms with Crippen molar-refractivity contribution < 1.29 is 4.79 Å². The number of hydrogen-bond donors (Lipinski definition) is 0. The fraction of sp³-hybridized carbons (Fsp3) is 0.231. The number of fused-ring (bicyclic) bond motifs is 1. The van der Waals surface area contributed by atoms with Crippen molar-refractivity contribution >= 4 is 17.1 Å². The Morgan fingerprint density at radius 3 is 2.56 bits per heavy atom. The van der Waals surface area contributed by atoms with E-state index in [-0.39, 0.29) is 11.9 Å². The van der Waals surface area contributed by atoms with Crippen LogP contribution in [-0.4, -0.2) is 55.9 Å². The number of carbonyl (C=O) groups excluding carboxylic acids is 1. The molecule has 1 saturated heterocycles. The number of carbonyl (C=O) groups is 1. The summed E-state index contributed by atoms with van der Waals surface area (Å²) in [6.45, 7) is 7.87. The first kappa shape index (κ1) is 21.5. The van der Waals surface area contributed by atoms with E-state index < -0.39 is 0 Å². The number of nitrogens with zero attached hydrogens (tertiary/aromatic N) is 7. The number of rotatable bonds is 4. The molecule has 1 aliphatic heterocycles. The number of nitriles is 1. The molecule has 4 aromatic rings. The van der Waals surface area contributed by atoms with E-state index in [2.05, 4.69) is 65.0 Å². The van der Waals surface area contributed by atoms with Gasteiger partial charge in [0.05, 0.1) is 23.5 Å². The Labute approximate surface area is 197 Å². The minimum atomic E-state index is -0.0193. The summed E-state index contributed by atoms with van der Waals surface area (Å²) in [6, 6.07) is 12.8. The van der Waals surface area contributed by atoms with Crippen molar-refractivity contribution in [2.45, 2.75) is 13.0 Å². The Morgan fingerprint density at radius 2 is 1.91 bits per heavy atom. The van der Waals surface area contributed by atoms with E-state index in [1.54, 1.807) is 15.4 Å². The van der Waals surface area contributed by atoms with Crippen LogP contribution in [0.2, 0.25) is 0 Å². The molecule has 0 N–H and O–H groups in total. The van der Waals surface area contributed by atoms with Gasteiger partial charge in [0, 0.05) is 67.5 Å². The Morgan fingerprint density at radius 1 is 1.12 bits per heavy atom. The highest BCUT2D eigenvalue weighted by atomic mass is 16.2. The second kappa shape index (κ2) is 8.52. The summed E-state index contributed by atoms with van der Waals surface area (Å²) in [7, 11) is 1.89. The Hall–Kier alpha value is -4.38. The monoisotopic (exact) mass is 451 g/mol. The fourth-order valence-electron chi connectivity index (χ4n) is 4.64. The molecule has 34 heavy (non-hydrogen) atoms. The van der Waals surface area contributed by atoms with E-state index in [1.807, 2.05) is 30.5 Å². The number of aryl methyl sites for hydroxylation is 1. The molecule has 0 aliphatic carbocycles. The first-order chi connectivity index (χ1) is 16.5. The number of amides is 1. The first-order valence-electron chi connectivity index (χ1n) is 11.2. The zero-order chi connectivity index (χ0) is 23.8. The van der Waals surface area contributed by atoms with Gasteiger partial charge in [-0.15, -0.1) is 0 Å². The molecule has 1 atom stereocenters. The van der Waals surface area contributed by atoms with Crippen LogP contribution in [0.25, 0.3) is 27.8 Å². The lowest BCUT2D eigenvalue weighted by Gasteiger charge is -2.40. The van der Waals surface area contributed by atoms with Crippen molar-refractivity contribution in [3.05, 3.63) is 73.3 Å². The standard InChI is InChI=1S/C26H25N7O/c1-4-25(34)32-10-9-31(15-18(32)2)23-7-5-19(6-8-23)24-11-20(22-14-28-30(3)16-22)17-33-26(24)21(12-27)13-29-33/h4-8,11,13-14,16-18H,1,9-10,15H2,2-3H3/t18-/m0/s1. The van der Waals surface area contributed by atoms with Crippen LogP contribution >= 0.6 is 0 Å². The lowest BCUT2D eigenvalue weighted by atomic mass is 9.99. The maximum Gasteiger partial charge on any atom is 0.246 e. The van der Waals surface area contributed by atoms with Crippen LogP contribution in [0.4, 0.5) is 5.69 Å². The van der Waals surface area contributed by atoms with E-state index in [9.17, 15) is 10.1 Å². The second-order valence-corrected chi connectivity index (χ2v) is 8.59. The highest BCUT2D eigenvalue weighted by Crippen LogP contribution is 2.33. The van der Waals surface area contributed by atoms with Crippen LogP contribution in [0.3, 0.4) is 0 Å². The highest BCUT2D eigenvalue weighted by molar-refractivity contribution is 5.88. The molecule has 0 saturated carbocycles. The predicted octanol–water partition coefficient (Wildman–Crippen LogP) is 3.50. The number of aromatic nitrogens is 4. The fourth-order valence-corrected chi connectivity index (χ4v) is 4.64. The highest BCUT2D eigenvalue weighted by Gasteiger charge is 2.26. The van der Waals surface area contributed by atoms with Crippen LogP contribution in [0, 0.1) is 11.3 Å². The molecule has 1 fully saturated rings. The lowest BCUT2D eigenvalue weighted by molar-refractivity contribution is -0.128. The third-order valence-corrected chi connectivity index (χ3v) is 6.40. The van der Waals surface area contributed by atoms with Gasteiger partial charge in [0.2, 0.25) is 5.91 Å². The van der Waals surface area contributed by atoms with E-state index >= 15 is 0 Å². The summed E-state index contributed by atoms with van der Waals surface area (Å²) in [5.41, 5.74) is 6.33. The summed E-state index contributed by atoms with van der Waals surface area (Å²) < 4.78 is 3.53. The zero-order valence-electron chi connectivity index (χ0n) is 19.2. The van der Waals surface area contributed by atoms with Crippen molar-refractivity contribution in [2.75, 3.05) is 24.5 Å². The zero-order valence-corrected chi connectivity index (χ0v) is 19.2. The Bertz CT molecular complexity index is 1420. The number of anilines is 1. The van der Waals surface area contributed by atoms with E-state index in [4.69, 9.17) is 0 Å². The van der Waals surface area contributed by atoms with Crippen LogP contribution in [0.5, 0.6) is 0 Å². The minimum Gasteiger partial charge on any atom is -0.368 e. The summed E-state index contributed by atoms with van der Waals surface area (Å²) in [5.74, 6) is -0.0193. The Kier molecular flexibility index (Phi) is 5.38. The molecular formula is C26H25N7O. The van der Waals surface area contributed by atoms with Gasteiger partial charge >= 0.3 is 0 Å². The molecule has 3 aromatic heterocycles. The summed E-state index contributed by atoms with van der Waals surface area (Å²) in [6.07, 6.45) is 8.69. The summed E-state index contributed by atoms with van der Waals surface area (Å²) >= 11 is 0. The van der Waals surface area contributed by atoms with Crippen molar-refractivity contribution in [2.24, 2.45) is 7.05 Å². The van der Waals surface area contributed by atoms with Crippen molar-refractivity contribution in [1.82, 2.24) is 24.3 Å². The van der Waals surface area contributed by atoms with Gasteiger partial charge in [-0.2, -0.15) is 15.5 Å². The number of benzene rings is 1. The molecule has 0 spiro atoms. The van der Waals surface area contributed by atoms with Gasteiger partial charge in [0.15, 0.2) is 0 Å². The van der Waals surface area contributed by atoms with Gasteiger partial charge in [-0.1, -0.05) is 18.7 Å². The maximum atomic E-state index is 12.0.